The number of carbonyl (C=O) groups is 2. The fourth-order valence-electron chi connectivity index (χ4n) is 4.69. The number of sulfonamides is 1. The summed E-state index contributed by atoms with van der Waals surface area (Å²) in [4.78, 5) is 27.7. The number of hydrogen-bond donors (Lipinski definition) is 3. The molecule has 3 N–H and O–H groups in total. The minimum absolute atomic E-state index is 0.0266. The number of halogens is 2. The third-order valence-electron chi connectivity index (χ3n) is 7.24. The van der Waals surface area contributed by atoms with Crippen molar-refractivity contribution >= 4 is 44.9 Å². The van der Waals surface area contributed by atoms with Crippen LogP contribution in [0.1, 0.15) is 19.4 Å². The summed E-state index contributed by atoms with van der Waals surface area (Å²) in [6.07, 6.45) is -0.752. The molecule has 0 radical (unpaired) electrons. The zero-order valence-electron chi connectivity index (χ0n) is 24.0. The summed E-state index contributed by atoms with van der Waals surface area (Å²) in [5.74, 6) is -0.648. The van der Waals surface area contributed by atoms with Crippen molar-refractivity contribution in [3.63, 3.8) is 0 Å². The lowest BCUT2D eigenvalue weighted by atomic mass is 10.0. The number of aliphatic hydroxyl groups is 1. The van der Waals surface area contributed by atoms with Crippen LogP contribution in [0.5, 0.6) is 5.75 Å². The van der Waals surface area contributed by atoms with E-state index in [1.54, 1.807) is 30.0 Å². The molecule has 0 aliphatic carbocycles. The van der Waals surface area contributed by atoms with Crippen LogP contribution >= 0.6 is 11.6 Å². The van der Waals surface area contributed by atoms with E-state index in [0.717, 1.165) is 0 Å². The van der Waals surface area contributed by atoms with Gasteiger partial charge < -0.3 is 25.4 Å². The molecule has 3 aromatic rings. The predicted molar refractivity (Wildman–Crippen MR) is 162 cm³/mol. The van der Waals surface area contributed by atoms with Gasteiger partial charge >= 0.3 is 6.03 Å². The molecule has 0 unspecified atom stereocenters. The second-order valence-electron chi connectivity index (χ2n) is 10.5. The van der Waals surface area contributed by atoms with E-state index < -0.39 is 34.0 Å². The Morgan fingerprint density at radius 3 is 2.40 bits per heavy atom. The third kappa shape index (κ3) is 8.02. The number of hydrogen-bond acceptors (Lipinski definition) is 6. The molecule has 3 atom stereocenters. The van der Waals surface area contributed by atoms with Gasteiger partial charge in [-0.15, -0.1) is 0 Å². The van der Waals surface area contributed by atoms with Crippen LogP contribution in [-0.4, -0.2) is 73.6 Å². The number of benzene rings is 3. The molecule has 3 aromatic carbocycles. The SMILES string of the molecule is C[C@@H]1CN([C@@H](C)CO)C(=O)Cc2cc(NC(=O)Nc3ccc(F)cc3)ccc2O[C@@H]1CN(C)S(=O)(=O)c1ccc(Cl)cc1. The zero-order chi connectivity index (χ0) is 31.3. The minimum Gasteiger partial charge on any atom is -0.488 e. The van der Waals surface area contributed by atoms with Crippen LogP contribution in [0.2, 0.25) is 5.02 Å². The highest BCUT2D eigenvalue weighted by Gasteiger charge is 2.33. The fraction of sp³-hybridized carbons (Fsp3) is 0.333. The minimum atomic E-state index is -3.88. The lowest BCUT2D eigenvalue weighted by Gasteiger charge is -2.33. The van der Waals surface area contributed by atoms with Gasteiger partial charge in [0.1, 0.15) is 17.7 Å². The standard InChI is InChI=1S/C30H34ClFN4O6S/c1-19-16-36(20(2)18-37)29(38)15-21-14-25(34-30(39)33-24-8-6-23(32)7-9-24)10-13-27(21)42-28(19)17-35(3)43(40,41)26-11-4-22(31)5-12-26/h4-14,19-20,28,37H,15-18H2,1-3H3,(H2,33,34,39)/t19-,20+,28-/m1/s1. The van der Waals surface area contributed by atoms with Gasteiger partial charge in [0.25, 0.3) is 0 Å². The number of fused-ring (bicyclic) bond motifs is 1. The number of urea groups is 1. The summed E-state index contributed by atoms with van der Waals surface area (Å²) < 4.78 is 47.4. The quantitative estimate of drug-likeness (QED) is 0.333. The molecule has 3 amide bonds. The van der Waals surface area contributed by atoms with E-state index in [1.165, 1.54) is 59.9 Å². The number of anilines is 2. The molecule has 1 aliphatic rings. The molecule has 230 valence electrons. The van der Waals surface area contributed by atoms with E-state index in [1.807, 2.05) is 6.92 Å². The van der Waals surface area contributed by atoms with Crippen molar-refractivity contribution < 1.29 is 32.2 Å². The fourth-order valence-corrected chi connectivity index (χ4v) is 6.00. The zero-order valence-corrected chi connectivity index (χ0v) is 25.5. The van der Waals surface area contributed by atoms with Crippen LogP contribution in [0.4, 0.5) is 20.6 Å². The first-order chi connectivity index (χ1) is 20.4. The molecule has 0 fully saturated rings. The molecule has 43 heavy (non-hydrogen) atoms. The van der Waals surface area contributed by atoms with E-state index >= 15 is 0 Å². The third-order valence-corrected chi connectivity index (χ3v) is 9.32. The lowest BCUT2D eigenvalue weighted by Crippen LogP contribution is -2.48. The largest absolute Gasteiger partial charge is 0.488 e. The average Bonchev–Trinajstić information content (AvgIpc) is 3.01. The van der Waals surface area contributed by atoms with Crippen LogP contribution in [0.25, 0.3) is 0 Å². The topological polar surface area (TPSA) is 128 Å². The maximum absolute atomic E-state index is 13.4. The van der Waals surface area contributed by atoms with Crippen LogP contribution in [0.3, 0.4) is 0 Å². The Bertz CT molecular complexity index is 1560. The Morgan fingerprint density at radius 1 is 1.12 bits per heavy atom. The number of nitrogens with one attached hydrogen (secondary N) is 2. The van der Waals surface area contributed by atoms with Gasteiger partial charge in [0.15, 0.2) is 0 Å². The van der Waals surface area contributed by atoms with E-state index in [0.29, 0.717) is 27.7 Å². The van der Waals surface area contributed by atoms with Crippen LogP contribution in [0, 0.1) is 11.7 Å². The summed E-state index contributed by atoms with van der Waals surface area (Å²) in [5.41, 5.74) is 1.24. The summed E-state index contributed by atoms with van der Waals surface area (Å²) in [6, 6.07) is 14.9. The van der Waals surface area contributed by atoms with Crippen LogP contribution < -0.4 is 15.4 Å². The Hall–Kier alpha value is -3.71. The van der Waals surface area contributed by atoms with Gasteiger partial charge in [-0.2, -0.15) is 4.31 Å². The molecule has 1 aliphatic heterocycles. The highest BCUT2D eigenvalue weighted by Crippen LogP contribution is 2.30. The lowest BCUT2D eigenvalue weighted by molar-refractivity contribution is -0.134. The molecule has 0 spiro atoms. The van der Waals surface area contributed by atoms with E-state index in [9.17, 15) is 27.5 Å². The number of ether oxygens (including phenoxy) is 1. The molecule has 0 aromatic heterocycles. The number of rotatable bonds is 8. The predicted octanol–water partition coefficient (Wildman–Crippen LogP) is 4.59. The summed E-state index contributed by atoms with van der Waals surface area (Å²) >= 11 is 5.94. The van der Waals surface area contributed by atoms with Crippen molar-refractivity contribution in [3.05, 3.63) is 83.1 Å². The second-order valence-corrected chi connectivity index (χ2v) is 13.0. The molecular weight excluding hydrogens is 599 g/mol. The summed E-state index contributed by atoms with van der Waals surface area (Å²) in [5, 5.41) is 15.6. The smallest absolute Gasteiger partial charge is 0.323 e. The molecular formula is C30H34ClFN4O6S. The van der Waals surface area contributed by atoms with Crippen LogP contribution in [-0.2, 0) is 21.2 Å². The Labute approximate surface area is 255 Å². The molecule has 0 saturated carbocycles. The van der Waals surface area contributed by atoms with Gasteiger partial charge in [0, 0.05) is 41.5 Å². The average molecular weight is 633 g/mol. The highest BCUT2D eigenvalue weighted by molar-refractivity contribution is 7.89. The number of likely N-dealkylation sites (N-methyl/N-ethyl adjacent to an activating group) is 1. The van der Waals surface area contributed by atoms with Crippen molar-refractivity contribution in [1.82, 2.24) is 9.21 Å². The maximum Gasteiger partial charge on any atom is 0.323 e. The molecule has 10 nitrogen and oxygen atoms in total. The number of nitrogens with zero attached hydrogens (tertiary/aromatic N) is 2. The summed E-state index contributed by atoms with van der Waals surface area (Å²) in [7, 11) is -2.42. The van der Waals surface area contributed by atoms with E-state index in [4.69, 9.17) is 16.3 Å². The van der Waals surface area contributed by atoms with E-state index in [-0.39, 0.29) is 42.8 Å². The monoisotopic (exact) mass is 632 g/mol. The van der Waals surface area contributed by atoms with Crippen LogP contribution in [0.15, 0.2) is 71.6 Å². The number of carbonyl (C=O) groups excluding carboxylic acids is 2. The van der Waals surface area contributed by atoms with Crippen molar-refractivity contribution in [3.8, 4) is 5.75 Å². The Balaban J connectivity index is 1.61. The molecule has 0 saturated heterocycles. The number of aliphatic hydroxyl groups excluding tert-OH is 1. The summed E-state index contributed by atoms with van der Waals surface area (Å²) in [6.45, 7) is 3.53. The Kier molecular flexibility index (Phi) is 10.3. The maximum atomic E-state index is 13.4. The van der Waals surface area contributed by atoms with Gasteiger partial charge in [-0.05, 0) is 73.7 Å². The van der Waals surface area contributed by atoms with Gasteiger partial charge in [-0.3, -0.25) is 4.79 Å². The molecule has 1 heterocycles. The Morgan fingerprint density at radius 2 is 1.74 bits per heavy atom. The van der Waals surface area contributed by atoms with Gasteiger partial charge in [-0.25, -0.2) is 17.6 Å². The van der Waals surface area contributed by atoms with Crippen molar-refractivity contribution in [2.45, 2.75) is 37.3 Å². The van der Waals surface area contributed by atoms with Crippen molar-refractivity contribution in [2.24, 2.45) is 5.92 Å². The first-order valence-electron chi connectivity index (χ1n) is 13.6. The van der Waals surface area contributed by atoms with Gasteiger partial charge in [0.2, 0.25) is 15.9 Å². The molecule has 4 rings (SSSR count). The first-order valence-corrected chi connectivity index (χ1v) is 15.4. The second kappa shape index (κ2) is 13.7. The van der Waals surface area contributed by atoms with E-state index in [2.05, 4.69) is 10.6 Å². The van der Waals surface area contributed by atoms with Crippen molar-refractivity contribution in [2.75, 3.05) is 37.4 Å². The van der Waals surface area contributed by atoms with Gasteiger partial charge in [0.05, 0.1) is 30.5 Å². The molecule has 0 bridgehead atoms. The van der Waals surface area contributed by atoms with Gasteiger partial charge in [-0.1, -0.05) is 18.5 Å². The first kappa shape index (κ1) is 32.2. The molecule has 13 heteroatoms. The number of amides is 3. The highest BCUT2D eigenvalue weighted by atomic mass is 35.5. The van der Waals surface area contributed by atoms with Crippen molar-refractivity contribution in [1.29, 1.82) is 0 Å². The normalized spacial score (nSPS) is 18.1.